The SMILES string of the molecule is CCCCOc1ccc(NC(=O)C(C)(CCC)OC)cc1C#N. The van der Waals surface area contributed by atoms with E-state index in [-0.39, 0.29) is 5.91 Å². The van der Waals surface area contributed by atoms with E-state index in [2.05, 4.69) is 18.3 Å². The van der Waals surface area contributed by atoms with Crippen LogP contribution < -0.4 is 10.1 Å². The molecular weight excluding hydrogens is 292 g/mol. The lowest BCUT2D eigenvalue weighted by Gasteiger charge is -2.26. The third kappa shape index (κ3) is 5.26. The van der Waals surface area contributed by atoms with Crippen LogP contribution in [0.2, 0.25) is 0 Å². The smallest absolute Gasteiger partial charge is 0.256 e. The van der Waals surface area contributed by atoms with Gasteiger partial charge >= 0.3 is 0 Å². The van der Waals surface area contributed by atoms with Gasteiger partial charge in [-0.3, -0.25) is 4.79 Å². The van der Waals surface area contributed by atoms with Crippen molar-refractivity contribution in [1.82, 2.24) is 0 Å². The monoisotopic (exact) mass is 318 g/mol. The molecule has 1 atom stereocenters. The number of methoxy groups -OCH3 is 1. The van der Waals surface area contributed by atoms with Crippen LogP contribution in [0.25, 0.3) is 0 Å². The van der Waals surface area contributed by atoms with Gasteiger partial charge in [0.2, 0.25) is 0 Å². The van der Waals surface area contributed by atoms with Crippen LogP contribution in [-0.2, 0) is 9.53 Å². The van der Waals surface area contributed by atoms with Crippen LogP contribution in [0.1, 0.15) is 52.0 Å². The molecule has 5 nitrogen and oxygen atoms in total. The first-order chi connectivity index (χ1) is 11.0. The van der Waals surface area contributed by atoms with Crippen molar-refractivity contribution in [2.24, 2.45) is 0 Å². The predicted octanol–water partition coefficient (Wildman–Crippen LogP) is 3.88. The highest BCUT2D eigenvalue weighted by Gasteiger charge is 2.32. The number of hydrogen-bond acceptors (Lipinski definition) is 4. The maximum absolute atomic E-state index is 12.4. The Balaban J connectivity index is 2.86. The molecule has 0 fully saturated rings. The van der Waals surface area contributed by atoms with Gasteiger partial charge in [-0.05, 0) is 38.0 Å². The zero-order valence-corrected chi connectivity index (χ0v) is 14.4. The van der Waals surface area contributed by atoms with Crippen molar-refractivity contribution in [3.8, 4) is 11.8 Å². The second-order valence-corrected chi connectivity index (χ2v) is 5.66. The normalized spacial score (nSPS) is 13.0. The standard InChI is InChI=1S/C18H26N2O3/c1-5-7-11-23-16-9-8-15(12-14(16)13-19)20-17(21)18(3,22-4)10-6-2/h8-9,12H,5-7,10-11H2,1-4H3,(H,20,21). The van der Waals surface area contributed by atoms with Crippen molar-refractivity contribution >= 4 is 11.6 Å². The molecule has 0 aliphatic heterocycles. The summed E-state index contributed by atoms with van der Waals surface area (Å²) in [6, 6.07) is 7.19. The number of amides is 1. The average molecular weight is 318 g/mol. The summed E-state index contributed by atoms with van der Waals surface area (Å²) in [5.41, 5.74) is 0.0972. The summed E-state index contributed by atoms with van der Waals surface area (Å²) < 4.78 is 11.0. The number of ether oxygens (including phenoxy) is 2. The fourth-order valence-electron chi connectivity index (χ4n) is 2.20. The molecule has 1 aromatic carbocycles. The molecule has 0 saturated heterocycles. The van der Waals surface area contributed by atoms with E-state index in [9.17, 15) is 10.1 Å². The zero-order valence-electron chi connectivity index (χ0n) is 14.4. The lowest BCUT2D eigenvalue weighted by atomic mass is 9.99. The first-order valence-electron chi connectivity index (χ1n) is 8.04. The van der Waals surface area contributed by atoms with Crippen LogP contribution >= 0.6 is 0 Å². The average Bonchev–Trinajstić information content (AvgIpc) is 2.56. The molecule has 0 saturated carbocycles. The lowest BCUT2D eigenvalue weighted by molar-refractivity contribution is -0.136. The molecule has 0 spiro atoms. The van der Waals surface area contributed by atoms with Gasteiger partial charge < -0.3 is 14.8 Å². The van der Waals surface area contributed by atoms with E-state index < -0.39 is 5.60 Å². The Bertz CT molecular complexity index is 566. The van der Waals surface area contributed by atoms with E-state index in [1.54, 1.807) is 25.1 Å². The number of anilines is 1. The number of carbonyl (C=O) groups is 1. The maximum Gasteiger partial charge on any atom is 0.256 e. The summed E-state index contributed by atoms with van der Waals surface area (Å²) in [6.45, 7) is 6.42. The highest BCUT2D eigenvalue weighted by atomic mass is 16.5. The molecule has 1 unspecified atom stereocenters. The van der Waals surface area contributed by atoms with Gasteiger partial charge in [-0.25, -0.2) is 0 Å². The van der Waals surface area contributed by atoms with Gasteiger partial charge in [-0.15, -0.1) is 0 Å². The van der Waals surface area contributed by atoms with Gasteiger partial charge in [-0.2, -0.15) is 5.26 Å². The largest absolute Gasteiger partial charge is 0.492 e. The summed E-state index contributed by atoms with van der Waals surface area (Å²) in [6.07, 6.45) is 3.43. The van der Waals surface area contributed by atoms with Crippen molar-refractivity contribution in [1.29, 1.82) is 5.26 Å². The number of nitrogens with one attached hydrogen (secondary N) is 1. The number of carbonyl (C=O) groups excluding carboxylic acids is 1. The van der Waals surface area contributed by atoms with E-state index in [1.165, 1.54) is 7.11 Å². The Morgan fingerprint density at radius 1 is 1.35 bits per heavy atom. The summed E-state index contributed by atoms with van der Waals surface area (Å²) >= 11 is 0. The molecule has 1 aromatic rings. The van der Waals surface area contributed by atoms with Gasteiger partial charge in [0.05, 0.1) is 12.2 Å². The Labute approximate surface area is 138 Å². The van der Waals surface area contributed by atoms with Crippen LogP contribution in [-0.4, -0.2) is 25.2 Å². The first-order valence-corrected chi connectivity index (χ1v) is 8.04. The number of nitriles is 1. The Morgan fingerprint density at radius 2 is 2.09 bits per heavy atom. The van der Waals surface area contributed by atoms with Gasteiger partial charge in [0.1, 0.15) is 17.4 Å². The summed E-state index contributed by atoms with van der Waals surface area (Å²) in [5.74, 6) is 0.326. The molecule has 126 valence electrons. The number of nitrogens with zero attached hydrogens (tertiary/aromatic N) is 1. The van der Waals surface area contributed by atoms with E-state index in [1.807, 2.05) is 6.92 Å². The minimum atomic E-state index is -0.877. The second kappa shape index (κ2) is 9.16. The lowest BCUT2D eigenvalue weighted by Crippen LogP contribution is -2.41. The summed E-state index contributed by atoms with van der Waals surface area (Å²) in [5, 5.41) is 12.1. The molecule has 1 rings (SSSR count). The molecule has 1 amide bonds. The molecule has 0 radical (unpaired) electrons. The molecule has 0 aliphatic rings. The van der Waals surface area contributed by atoms with Crippen LogP contribution in [0.5, 0.6) is 5.75 Å². The van der Waals surface area contributed by atoms with Gasteiger partial charge in [0, 0.05) is 12.8 Å². The van der Waals surface area contributed by atoms with Crippen molar-refractivity contribution in [2.75, 3.05) is 19.0 Å². The third-order valence-electron chi connectivity index (χ3n) is 3.77. The first kappa shape index (κ1) is 19.0. The van der Waals surface area contributed by atoms with Gasteiger partial charge in [0.25, 0.3) is 5.91 Å². The minimum Gasteiger partial charge on any atom is -0.492 e. The quantitative estimate of drug-likeness (QED) is 0.701. The van der Waals surface area contributed by atoms with Gasteiger partial charge in [0.15, 0.2) is 0 Å². The molecule has 0 aliphatic carbocycles. The number of rotatable bonds is 9. The fraction of sp³-hybridized carbons (Fsp3) is 0.556. The molecule has 0 heterocycles. The number of unbranched alkanes of at least 4 members (excludes halogenated alkanes) is 1. The number of hydrogen-bond donors (Lipinski definition) is 1. The zero-order chi connectivity index (χ0) is 17.3. The minimum absolute atomic E-state index is 0.217. The van der Waals surface area contributed by atoms with E-state index in [0.29, 0.717) is 30.0 Å². The van der Waals surface area contributed by atoms with Crippen molar-refractivity contribution in [3.05, 3.63) is 23.8 Å². The van der Waals surface area contributed by atoms with E-state index >= 15 is 0 Å². The number of benzene rings is 1. The van der Waals surface area contributed by atoms with Crippen molar-refractivity contribution < 1.29 is 14.3 Å². The molecular formula is C18H26N2O3. The highest BCUT2D eigenvalue weighted by Crippen LogP contribution is 2.24. The van der Waals surface area contributed by atoms with Crippen LogP contribution in [0.3, 0.4) is 0 Å². The summed E-state index contributed by atoms with van der Waals surface area (Å²) in [4.78, 5) is 12.4. The topological polar surface area (TPSA) is 71.3 Å². The molecule has 1 N–H and O–H groups in total. The second-order valence-electron chi connectivity index (χ2n) is 5.66. The Morgan fingerprint density at radius 3 is 2.65 bits per heavy atom. The third-order valence-corrected chi connectivity index (χ3v) is 3.77. The van der Waals surface area contributed by atoms with Gasteiger partial charge in [-0.1, -0.05) is 26.7 Å². The molecule has 5 heteroatoms. The Kier molecular flexibility index (Phi) is 7.56. The van der Waals surface area contributed by atoms with E-state index in [0.717, 1.165) is 19.3 Å². The van der Waals surface area contributed by atoms with Crippen LogP contribution in [0.4, 0.5) is 5.69 Å². The highest BCUT2D eigenvalue weighted by molar-refractivity contribution is 5.97. The fourth-order valence-corrected chi connectivity index (χ4v) is 2.20. The van der Waals surface area contributed by atoms with Crippen molar-refractivity contribution in [3.63, 3.8) is 0 Å². The summed E-state index contributed by atoms with van der Waals surface area (Å²) in [7, 11) is 1.53. The van der Waals surface area contributed by atoms with E-state index in [4.69, 9.17) is 9.47 Å². The predicted molar refractivity (Wildman–Crippen MR) is 90.5 cm³/mol. The maximum atomic E-state index is 12.4. The van der Waals surface area contributed by atoms with Crippen molar-refractivity contribution in [2.45, 2.75) is 52.1 Å². The Hall–Kier alpha value is -2.06. The molecule has 0 bridgehead atoms. The molecule has 23 heavy (non-hydrogen) atoms. The van der Waals surface area contributed by atoms with Crippen LogP contribution in [0, 0.1) is 11.3 Å². The van der Waals surface area contributed by atoms with Crippen LogP contribution in [0.15, 0.2) is 18.2 Å². The molecule has 0 aromatic heterocycles.